The zero-order chi connectivity index (χ0) is 16.5. The summed E-state index contributed by atoms with van der Waals surface area (Å²) < 4.78 is 6.00. The molecule has 0 atom stereocenters. The summed E-state index contributed by atoms with van der Waals surface area (Å²) in [7, 11) is 0. The van der Waals surface area contributed by atoms with E-state index >= 15 is 0 Å². The van der Waals surface area contributed by atoms with E-state index in [1.165, 1.54) is 0 Å². The molecule has 0 spiro atoms. The fraction of sp³-hybridized carbons (Fsp3) is 0.136. The minimum Gasteiger partial charge on any atom is -0.457 e. The number of rotatable bonds is 3. The Balaban J connectivity index is 1.72. The maximum atomic E-state index is 12.8. The fourth-order valence-electron chi connectivity index (χ4n) is 3.27. The summed E-state index contributed by atoms with van der Waals surface area (Å²) in [5, 5.41) is 0. The first kappa shape index (κ1) is 14.7. The van der Waals surface area contributed by atoms with E-state index in [1.54, 1.807) is 0 Å². The van der Waals surface area contributed by atoms with Crippen molar-refractivity contribution in [1.82, 2.24) is 0 Å². The Morgan fingerprint density at radius 2 is 1.38 bits per heavy atom. The molecule has 1 aliphatic heterocycles. The standard InChI is InChI=1S/C22H18O2/c1-15-10-12-16(13-11-15)20(23)14-19-17-6-2-4-8-21(17)24-22-9-5-3-7-18(19)22/h2-13,19H,14H2,1H3. The van der Waals surface area contributed by atoms with Crippen LogP contribution >= 0.6 is 0 Å². The first-order valence-electron chi connectivity index (χ1n) is 8.18. The highest BCUT2D eigenvalue weighted by Crippen LogP contribution is 2.45. The lowest BCUT2D eigenvalue weighted by Crippen LogP contribution is -2.14. The molecule has 3 aromatic carbocycles. The molecule has 0 aliphatic carbocycles. The molecule has 118 valence electrons. The van der Waals surface area contributed by atoms with Crippen LogP contribution in [0.25, 0.3) is 0 Å². The molecular formula is C22H18O2. The van der Waals surface area contributed by atoms with Crippen LogP contribution in [0.5, 0.6) is 11.5 Å². The van der Waals surface area contributed by atoms with Crippen molar-refractivity contribution in [2.45, 2.75) is 19.3 Å². The van der Waals surface area contributed by atoms with E-state index in [9.17, 15) is 4.79 Å². The van der Waals surface area contributed by atoms with Gasteiger partial charge in [-0.15, -0.1) is 0 Å². The van der Waals surface area contributed by atoms with Gasteiger partial charge in [0.25, 0.3) is 0 Å². The molecular weight excluding hydrogens is 296 g/mol. The van der Waals surface area contributed by atoms with E-state index in [1.807, 2.05) is 67.6 Å². The maximum absolute atomic E-state index is 12.8. The van der Waals surface area contributed by atoms with Gasteiger partial charge in [-0.2, -0.15) is 0 Å². The number of hydrogen-bond donors (Lipinski definition) is 0. The lowest BCUT2D eigenvalue weighted by molar-refractivity contribution is 0.0976. The Kier molecular flexibility index (Phi) is 3.66. The number of hydrogen-bond acceptors (Lipinski definition) is 2. The van der Waals surface area contributed by atoms with Gasteiger partial charge in [0.1, 0.15) is 11.5 Å². The van der Waals surface area contributed by atoms with E-state index < -0.39 is 0 Å². The average Bonchev–Trinajstić information content (AvgIpc) is 2.62. The van der Waals surface area contributed by atoms with E-state index in [-0.39, 0.29) is 11.7 Å². The number of carbonyl (C=O) groups excluding carboxylic acids is 1. The highest BCUT2D eigenvalue weighted by atomic mass is 16.5. The molecule has 24 heavy (non-hydrogen) atoms. The molecule has 2 heteroatoms. The summed E-state index contributed by atoms with van der Waals surface area (Å²) in [6.45, 7) is 2.03. The number of ketones is 1. The molecule has 0 bridgehead atoms. The number of ether oxygens (including phenoxy) is 1. The zero-order valence-electron chi connectivity index (χ0n) is 13.5. The SMILES string of the molecule is Cc1ccc(C(=O)CC2c3ccccc3Oc3ccccc32)cc1. The molecule has 0 fully saturated rings. The highest BCUT2D eigenvalue weighted by Gasteiger charge is 2.28. The summed E-state index contributed by atoms with van der Waals surface area (Å²) in [5.41, 5.74) is 4.09. The third kappa shape index (κ3) is 2.61. The van der Waals surface area contributed by atoms with Gasteiger partial charge in [-0.05, 0) is 19.1 Å². The molecule has 0 saturated carbocycles. The van der Waals surface area contributed by atoms with Crippen molar-refractivity contribution in [3.63, 3.8) is 0 Å². The molecule has 1 aliphatic rings. The molecule has 4 rings (SSSR count). The van der Waals surface area contributed by atoms with Crippen molar-refractivity contribution >= 4 is 5.78 Å². The molecule has 0 aromatic heterocycles. The van der Waals surface area contributed by atoms with Gasteiger partial charge in [0.15, 0.2) is 5.78 Å². The summed E-state index contributed by atoms with van der Waals surface area (Å²) in [6.07, 6.45) is 0.445. The Morgan fingerprint density at radius 1 is 0.833 bits per heavy atom. The van der Waals surface area contributed by atoms with Crippen molar-refractivity contribution < 1.29 is 9.53 Å². The van der Waals surface area contributed by atoms with E-state index in [2.05, 4.69) is 12.1 Å². The van der Waals surface area contributed by atoms with Crippen molar-refractivity contribution in [2.24, 2.45) is 0 Å². The largest absolute Gasteiger partial charge is 0.457 e. The molecule has 0 radical (unpaired) electrons. The lowest BCUT2D eigenvalue weighted by atomic mass is 9.83. The van der Waals surface area contributed by atoms with Crippen LogP contribution in [-0.4, -0.2) is 5.78 Å². The normalized spacial score (nSPS) is 12.9. The number of para-hydroxylation sites is 2. The summed E-state index contributed by atoms with van der Waals surface area (Å²) in [6, 6.07) is 23.8. The zero-order valence-corrected chi connectivity index (χ0v) is 13.5. The number of fused-ring (bicyclic) bond motifs is 2. The molecule has 1 heterocycles. The molecule has 0 saturated heterocycles. The number of carbonyl (C=O) groups is 1. The monoisotopic (exact) mass is 314 g/mol. The quantitative estimate of drug-likeness (QED) is 0.596. The van der Waals surface area contributed by atoms with Gasteiger partial charge < -0.3 is 4.74 Å². The van der Waals surface area contributed by atoms with Gasteiger partial charge in [0.05, 0.1) is 0 Å². The van der Waals surface area contributed by atoms with Crippen molar-refractivity contribution in [2.75, 3.05) is 0 Å². The van der Waals surface area contributed by atoms with Gasteiger partial charge in [-0.1, -0.05) is 66.2 Å². The van der Waals surface area contributed by atoms with Gasteiger partial charge in [0, 0.05) is 29.0 Å². The number of aryl methyl sites for hydroxylation is 1. The number of benzene rings is 3. The Bertz CT molecular complexity index is 848. The third-order valence-corrected chi connectivity index (χ3v) is 4.57. The summed E-state index contributed by atoms with van der Waals surface area (Å²) in [4.78, 5) is 12.8. The van der Waals surface area contributed by atoms with Crippen LogP contribution in [0.2, 0.25) is 0 Å². The minimum atomic E-state index is 0.0277. The Hall–Kier alpha value is -2.87. The third-order valence-electron chi connectivity index (χ3n) is 4.57. The van der Waals surface area contributed by atoms with Crippen LogP contribution in [0.1, 0.15) is 39.4 Å². The summed E-state index contributed by atoms with van der Waals surface area (Å²) >= 11 is 0. The molecule has 0 unspecified atom stereocenters. The van der Waals surface area contributed by atoms with Crippen molar-refractivity contribution in [3.8, 4) is 11.5 Å². The average molecular weight is 314 g/mol. The second-order valence-corrected chi connectivity index (χ2v) is 6.22. The topological polar surface area (TPSA) is 26.3 Å². The summed E-state index contributed by atoms with van der Waals surface area (Å²) in [5.74, 6) is 1.88. The smallest absolute Gasteiger partial charge is 0.163 e. The first-order chi connectivity index (χ1) is 11.7. The highest BCUT2D eigenvalue weighted by molar-refractivity contribution is 5.97. The first-order valence-corrected chi connectivity index (χ1v) is 8.18. The van der Waals surface area contributed by atoms with Crippen molar-refractivity contribution in [3.05, 3.63) is 95.1 Å². The lowest BCUT2D eigenvalue weighted by Gasteiger charge is -2.27. The molecule has 0 N–H and O–H groups in total. The van der Waals surface area contributed by atoms with E-state index in [0.29, 0.717) is 6.42 Å². The van der Waals surface area contributed by atoms with Crippen LogP contribution in [0.3, 0.4) is 0 Å². The van der Waals surface area contributed by atoms with Crippen molar-refractivity contribution in [1.29, 1.82) is 0 Å². The molecule has 2 nitrogen and oxygen atoms in total. The maximum Gasteiger partial charge on any atom is 0.163 e. The molecule has 3 aromatic rings. The Labute approximate surface area is 141 Å². The predicted molar refractivity (Wildman–Crippen MR) is 94.9 cm³/mol. The van der Waals surface area contributed by atoms with Gasteiger partial charge in [-0.3, -0.25) is 4.79 Å². The van der Waals surface area contributed by atoms with E-state index in [4.69, 9.17) is 4.74 Å². The second kappa shape index (κ2) is 5.97. The second-order valence-electron chi connectivity index (χ2n) is 6.22. The van der Waals surface area contributed by atoms with Crippen LogP contribution < -0.4 is 4.74 Å². The van der Waals surface area contributed by atoms with Crippen LogP contribution in [0.4, 0.5) is 0 Å². The van der Waals surface area contributed by atoms with Gasteiger partial charge >= 0.3 is 0 Å². The molecule has 0 amide bonds. The van der Waals surface area contributed by atoms with Crippen LogP contribution in [0.15, 0.2) is 72.8 Å². The van der Waals surface area contributed by atoms with Crippen LogP contribution in [0, 0.1) is 6.92 Å². The van der Waals surface area contributed by atoms with E-state index in [0.717, 1.165) is 33.8 Å². The fourth-order valence-corrected chi connectivity index (χ4v) is 3.27. The van der Waals surface area contributed by atoms with Gasteiger partial charge in [-0.25, -0.2) is 0 Å². The minimum absolute atomic E-state index is 0.0277. The van der Waals surface area contributed by atoms with Gasteiger partial charge in [0.2, 0.25) is 0 Å². The predicted octanol–water partition coefficient (Wildman–Crippen LogP) is 5.51. The van der Waals surface area contributed by atoms with Crippen LogP contribution in [-0.2, 0) is 0 Å². The number of Topliss-reactive ketones (excluding diaryl/α,β-unsaturated/α-hetero) is 1. The Morgan fingerprint density at radius 3 is 1.96 bits per heavy atom.